The molecule has 1 aromatic carbocycles. The summed E-state index contributed by atoms with van der Waals surface area (Å²) in [5, 5.41) is 5.84. The monoisotopic (exact) mass is 273 g/mol. The lowest BCUT2D eigenvalue weighted by Crippen LogP contribution is -2.16. The maximum absolute atomic E-state index is 3.67. The number of hydrogen-bond donors (Lipinski definition) is 1. The lowest BCUT2D eigenvalue weighted by atomic mass is 9.85. The first-order valence-corrected chi connectivity index (χ1v) is 7.67. The molecule has 0 aliphatic carbocycles. The summed E-state index contributed by atoms with van der Waals surface area (Å²) in [4.78, 5) is 1.42. The molecule has 0 bridgehead atoms. The van der Waals surface area contributed by atoms with E-state index in [1.54, 1.807) is 0 Å². The minimum absolute atomic E-state index is 0.161. The first kappa shape index (κ1) is 14.1. The number of rotatable bonds is 3. The Labute approximate surface area is 120 Å². The van der Waals surface area contributed by atoms with E-state index in [0.29, 0.717) is 6.04 Å². The van der Waals surface area contributed by atoms with Gasteiger partial charge in [-0.15, -0.1) is 11.3 Å². The summed E-state index contributed by atoms with van der Waals surface area (Å²) in [5.41, 5.74) is 4.15. The summed E-state index contributed by atoms with van der Waals surface area (Å²) in [6.07, 6.45) is 0. The molecule has 0 aliphatic heterocycles. The van der Waals surface area contributed by atoms with Crippen LogP contribution in [0.25, 0.3) is 0 Å². The molecule has 1 atom stereocenters. The van der Waals surface area contributed by atoms with Crippen molar-refractivity contribution in [3.63, 3.8) is 0 Å². The number of hydrogen-bond acceptors (Lipinski definition) is 2. The van der Waals surface area contributed by atoms with Crippen LogP contribution in [0.3, 0.4) is 0 Å². The second-order valence-corrected chi connectivity index (χ2v) is 7.08. The molecule has 2 heteroatoms. The normalized spacial score (nSPS) is 13.3. The fraction of sp³-hybridized carbons (Fsp3) is 0.412. The van der Waals surface area contributed by atoms with E-state index in [2.05, 4.69) is 75.6 Å². The molecule has 0 radical (unpaired) electrons. The Kier molecular flexibility index (Phi) is 4.00. The van der Waals surface area contributed by atoms with Gasteiger partial charge in [-0.05, 0) is 47.9 Å². The molecule has 1 aromatic heterocycles. The number of anilines is 1. The van der Waals surface area contributed by atoms with Crippen LogP contribution in [0.15, 0.2) is 35.7 Å². The minimum Gasteiger partial charge on any atom is -0.377 e. The van der Waals surface area contributed by atoms with Gasteiger partial charge in [0.2, 0.25) is 0 Å². The summed E-state index contributed by atoms with van der Waals surface area (Å²) in [6.45, 7) is 11.2. The van der Waals surface area contributed by atoms with Crippen LogP contribution in [0.2, 0.25) is 0 Å². The quantitative estimate of drug-likeness (QED) is 0.775. The SMILES string of the molecule is Cc1ccsc1C(C)Nc1ccccc1C(C)(C)C. The fourth-order valence-corrected chi connectivity index (χ4v) is 3.33. The predicted octanol–water partition coefficient (Wildman–Crippen LogP) is 5.53. The zero-order valence-electron chi connectivity index (χ0n) is 12.4. The third-order valence-electron chi connectivity index (χ3n) is 3.40. The van der Waals surface area contributed by atoms with Gasteiger partial charge < -0.3 is 5.32 Å². The van der Waals surface area contributed by atoms with E-state index in [0.717, 1.165) is 0 Å². The van der Waals surface area contributed by atoms with E-state index in [9.17, 15) is 0 Å². The molecule has 102 valence electrons. The summed E-state index contributed by atoms with van der Waals surface area (Å²) in [7, 11) is 0. The molecule has 0 aliphatic rings. The Morgan fingerprint density at radius 2 is 1.79 bits per heavy atom. The van der Waals surface area contributed by atoms with Crippen LogP contribution < -0.4 is 5.32 Å². The summed E-state index contributed by atoms with van der Waals surface area (Å²) >= 11 is 1.83. The van der Waals surface area contributed by atoms with Crippen molar-refractivity contribution in [1.29, 1.82) is 0 Å². The van der Waals surface area contributed by atoms with Crippen molar-refractivity contribution in [2.24, 2.45) is 0 Å². The van der Waals surface area contributed by atoms with Crippen molar-refractivity contribution in [2.75, 3.05) is 5.32 Å². The molecule has 1 N–H and O–H groups in total. The highest BCUT2D eigenvalue weighted by atomic mass is 32.1. The van der Waals surface area contributed by atoms with Gasteiger partial charge >= 0.3 is 0 Å². The van der Waals surface area contributed by atoms with Crippen molar-refractivity contribution in [3.8, 4) is 0 Å². The van der Waals surface area contributed by atoms with Crippen LogP contribution in [0, 0.1) is 6.92 Å². The molecular formula is C17H23NS. The lowest BCUT2D eigenvalue weighted by molar-refractivity contribution is 0.591. The zero-order valence-corrected chi connectivity index (χ0v) is 13.3. The van der Waals surface area contributed by atoms with Gasteiger partial charge in [0.15, 0.2) is 0 Å². The van der Waals surface area contributed by atoms with Gasteiger partial charge in [0.05, 0.1) is 6.04 Å². The largest absolute Gasteiger partial charge is 0.377 e. The molecule has 0 spiro atoms. The first-order chi connectivity index (χ1) is 8.89. The summed E-state index contributed by atoms with van der Waals surface area (Å²) in [5.74, 6) is 0. The van der Waals surface area contributed by atoms with E-state index in [1.165, 1.54) is 21.7 Å². The number of benzene rings is 1. The average molecular weight is 273 g/mol. The Bertz CT molecular complexity index is 548. The first-order valence-electron chi connectivity index (χ1n) is 6.79. The van der Waals surface area contributed by atoms with E-state index in [1.807, 2.05) is 11.3 Å². The van der Waals surface area contributed by atoms with Crippen LogP contribution >= 0.6 is 11.3 Å². The zero-order chi connectivity index (χ0) is 14.0. The molecular weight excluding hydrogens is 250 g/mol. The molecule has 0 saturated heterocycles. The van der Waals surface area contributed by atoms with Gasteiger partial charge in [-0.2, -0.15) is 0 Å². The lowest BCUT2D eigenvalue weighted by Gasteiger charge is -2.25. The highest BCUT2D eigenvalue weighted by molar-refractivity contribution is 7.10. The Hall–Kier alpha value is -1.28. The van der Waals surface area contributed by atoms with Gasteiger partial charge in [-0.25, -0.2) is 0 Å². The molecule has 2 rings (SSSR count). The van der Waals surface area contributed by atoms with Gasteiger partial charge in [0.25, 0.3) is 0 Å². The van der Waals surface area contributed by atoms with Crippen molar-refractivity contribution >= 4 is 17.0 Å². The maximum atomic E-state index is 3.67. The number of nitrogens with one attached hydrogen (secondary N) is 1. The summed E-state index contributed by atoms with van der Waals surface area (Å²) < 4.78 is 0. The van der Waals surface area contributed by atoms with Crippen LogP contribution in [-0.4, -0.2) is 0 Å². The highest BCUT2D eigenvalue weighted by Gasteiger charge is 2.19. The van der Waals surface area contributed by atoms with Crippen LogP contribution in [0.5, 0.6) is 0 Å². The topological polar surface area (TPSA) is 12.0 Å². The van der Waals surface area contributed by atoms with Gasteiger partial charge in [0.1, 0.15) is 0 Å². The Balaban J connectivity index is 2.27. The molecule has 1 heterocycles. The second-order valence-electron chi connectivity index (χ2n) is 6.13. The average Bonchev–Trinajstić information content (AvgIpc) is 2.75. The Morgan fingerprint density at radius 1 is 1.11 bits per heavy atom. The molecule has 0 fully saturated rings. The van der Waals surface area contributed by atoms with Gasteiger partial charge in [-0.1, -0.05) is 39.0 Å². The van der Waals surface area contributed by atoms with E-state index in [4.69, 9.17) is 0 Å². The molecule has 1 nitrogen and oxygen atoms in total. The molecule has 0 amide bonds. The number of aryl methyl sites for hydroxylation is 1. The van der Waals surface area contributed by atoms with E-state index in [-0.39, 0.29) is 5.41 Å². The van der Waals surface area contributed by atoms with Crippen LogP contribution in [0.1, 0.15) is 49.7 Å². The van der Waals surface area contributed by atoms with E-state index < -0.39 is 0 Å². The van der Waals surface area contributed by atoms with Gasteiger partial charge in [-0.3, -0.25) is 0 Å². The van der Waals surface area contributed by atoms with Crippen molar-refractivity contribution in [3.05, 3.63) is 51.7 Å². The van der Waals surface area contributed by atoms with Crippen molar-refractivity contribution < 1.29 is 0 Å². The number of para-hydroxylation sites is 1. The van der Waals surface area contributed by atoms with E-state index >= 15 is 0 Å². The Morgan fingerprint density at radius 3 is 2.37 bits per heavy atom. The van der Waals surface area contributed by atoms with Crippen molar-refractivity contribution in [1.82, 2.24) is 0 Å². The molecule has 1 unspecified atom stereocenters. The third-order valence-corrected chi connectivity index (χ3v) is 4.60. The fourth-order valence-electron chi connectivity index (χ4n) is 2.39. The van der Waals surface area contributed by atoms with Gasteiger partial charge in [0, 0.05) is 10.6 Å². The molecule has 0 saturated carbocycles. The number of thiophene rings is 1. The minimum atomic E-state index is 0.161. The maximum Gasteiger partial charge on any atom is 0.0581 e. The third kappa shape index (κ3) is 3.19. The summed E-state index contributed by atoms with van der Waals surface area (Å²) in [6, 6.07) is 11.2. The van der Waals surface area contributed by atoms with Crippen LogP contribution in [0.4, 0.5) is 5.69 Å². The highest BCUT2D eigenvalue weighted by Crippen LogP contribution is 2.33. The predicted molar refractivity (Wildman–Crippen MR) is 86.2 cm³/mol. The smallest absolute Gasteiger partial charge is 0.0581 e. The van der Waals surface area contributed by atoms with Crippen LogP contribution in [-0.2, 0) is 5.41 Å². The molecule has 2 aromatic rings. The second kappa shape index (κ2) is 5.38. The molecule has 19 heavy (non-hydrogen) atoms. The standard InChI is InChI=1S/C17H23NS/c1-12-10-11-19-16(12)13(2)18-15-9-7-6-8-14(15)17(3,4)5/h6-11,13,18H,1-5H3. The van der Waals surface area contributed by atoms with Crippen molar-refractivity contribution in [2.45, 2.75) is 46.1 Å².